The quantitative estimate of drug-likeness (QED) is 0.225. The Morgan fingerprint density at radius 3 is 2.51 bits per heavy atom. The first-order valence-electron chi connectivity index (χ1n) is 13.3. The van der Waals surface area contributed by atoms with E-state index in [1.165, 1.54) is 11.8 Å². The summed E-state index contributed by atoms with van der Waals surface area (Å²) in [5.74, 6) is -0.563. The van der Waals surface area contributed by atoms with Crippen molar-refractivity contribution in [3.8, 4) is 0 Å². The molecule has 4 rings (SSSR count). The Bertz CT molecular complexity index is 1000. The number of aryl methyl sites for hydroxylation is 1. The highest BCUT2D eigenvalue weighted by molar-refractivity contribution is 6.72. The number of esters is 1. The maximum absolute atomic E-state index is 15.4. The average molecular weight is 535 g/mol. The Morgan fingerprint density at radius 2 is 1.92 bits per heavy atom. The normalized spacial score (nSPS) is 29.9. The van der Waals surface area contributed by atoms with E-state index in [0.29, 0.717) is 18.7 Å². The highest BCUT2D eigenvalue weighted by Gasteiger charge is 2.52. The fourth-order valence-corrected chi connectivity index (χ4v) is 8.88. The van der Waals surface area contributed by atoms with Gasteiger partial charge in [-0.15, -0.1) is 0 Å². The van der Waals surface area contributed by atoms with Crippen LogP contribution in [0.25, 0.3) is 0 Å². The first-order valence-corrected chi connectivity index (χ1v) is 16.3. The molecular formula is C27H39FN2O6Si. The van der Waals surface area contributed by atoms with Crippen LogP contribution in [0.3, 0.4) is 0 Å². The van der Waals surface area contributed by atoms with Crippen molar-refractivity contribution in [2.75, 3.05) is 18.1 Å². The van der Waals surface area contributed by atoms with Crippen molar-refractivity contribution in [2.45, 2.75) is 95.5 Å². The number of carbonyl (C=O) groups is 3. The third-order valence-corrected chi connectivity index (χ3v) is 10.6. The van der Waals surface area contributed by atoms with Gasteiger partial charge >= 0.3 is 5.97 Å². The summed E-state index contributed by atoms with van der Waals surface area (Å²) in [6.07, 6.45) is 2.30. The van der Waals surface area contributed by atoms with E-state index in [2.05, 4.69) is 0 Å². The topological polar surface area (TPSA) is 96.4 Å². The van der Waals surface area contributed by atoms with Gasteiger partial charge in [-0.1, -0.05) is 19.1 Å². The van der Waals surface area contributed by atoms with Gasteiger partial charge in [0, 0.05) is 24.7 Å². The fourth-order valence-electron chi connectivity index (χ4n) is 6.33. The predicted molar refractivity (Wildman–Crippen MR) is 139 cm³/mol. The summed E-state index contributed by atoms with van der Waals surface area (Å²) >= 11 is 0. The molecule has 3 aliphatic heterocycles. The van der Waals surface area contributed by atoms with Crippen LogP contribution < -0.4 is 4.90 Å². The maximum atomic E-state index is 15.4. The molecule has 3 fully saturated rings. The van der Waals surface area contributed by atoms with E-state index in [1.807, 2.05) is 31.2 Å². The Morgan fingerprint density at radius 1 is 1.22 bits per heavy atom. The molecule has 204 valence electrons. The Hall–Kier alpha value is -2.30. The summed E-state index contributed by atoms with van der Waals surface area (Å²) in [6.45, 7) is 7.35. The Labute approximate surface area is 219 Å². The van der Waals surface area contributed by atoms with E-state index >= 15 is 4.11 Å². The molecule has 0 aromatic heterocycles. The predicted octanol–water partition coefficient (Wildman–Crippen LogP) is 3.57. The smallest absolute Gasteiger partial charge is 0.304 e. The minimum Gasteiger partial charge on any atom is -0.441 e. The molecule has 1 aromatic rings. The Balaban J connectivity index is 1.37. The van der Waals surface area contributed by atoms with Gasteiger partial charge in [-0.2, -0.15) is 0 Å². The number of ether oxygens (including phenoxy) is 2. The van der Waals surface area contributed by atoms with E-state index in [-0.39, 0.29) is 54.9 Å². The number of anilines is 1. The van der Waals surface area contributed by atoms with E-state index in [9.17, 15) is 19.5 Å². The number of aliphatic hydroxyl groups is 1. The molecule has 1 N–H and O–H groups in total. The number of carbonyl (C=O) groups excluding carboxylic acids is 3. The first-order chi connectivity index (χ1) is 17.5. The van der Waals surface area contributed by atoms with Crippen molar-refractivity contribution in [1.82, 2.24) is 4.90 Å². The number of β-lactam (4-membered cyclic amide) rings is 1. The summed E-state index contributed by atoms with van der Waals surface area (Å²) in [5.41, 5.74) is 1.48. The monoisotopic (exact) mass is 534 g/mol. The zero-order valence-corrected chi connectivity index (χ0v) is 23.2. The van der Waals surface area contributed by atoms with Crippen molar-refractivity contribution in [2.24, 2.45) is 5.92 Å². The molecule has 6 atom stereocenters. The van der Waals surface area contributed by atoms with Crippen LogP contribution >= 0.6 is 0 Å². The minimum absolute atomic E-state index is 0.000784. The number of benzene rings is 1. The second kappa shape index (κ2) is 11.2. The van der Waals surface area contributed by atoms with Crippen molar-refractivity contribution in [3.63, 3.8) is 0 Å². The molecule has 8 nitrogen and oxygen atoms in total. The zero-order chi connectivity index (χ0) is 26.9. The molecule has 3 aliphatic rings. The van der Waals surface area contributed by atoms with Crippen molar-refractivity contribution in [1.29, 1.82) is 0 Å². The lowest BCUT2D eigenvalue weighted by molar-refractivity contribution is -0.154. The summed E-state index contributed by atoms with van der Waals surface area (Å²) < 4.78 is 27.0. The standard InChI is InChI=1S/C27H39FN2O6Si/c1-17-22(12-9-19-7-10-20(11-8-19)30-25(34)15-26(30)35-18(2)32)36-23(27(17)37(3,4)28)14-24(33)29-13-5-6-21(29)16-31/h7-8,10-11,17,21-23,26-27,31H,5-6,9,12-16H2,1-4H3/t17-,21+,22+,23-,26?,27+/m1/s1. The van der Waals surface area contributed by atoms with E-state index in [4.69, 9.17) is 9.47 Å². The number of rotatable bonds is 9. The molecule has 0 aliphatic carbocycles. The molecule has 3 saturated heterocycles. The van der Waals surface area contributed by atoms with Gasteiger partial charge in [0.15, 0.2) is 6.23 Å². The van der Waals surface area contributed by atoms with Crippen molar-refractivity contribution >= 4 is 31.9 Å². The van der Waals surface area contributed by atoms with Gasteiger partial charge in [0.1, 0.15) is 0 Å². The van der Waals surface area contributed by atoms with Gasteiger partial charge in [-0.25, -0.2) is 0 Å². The number of nitrogens with zero attached hydrogens (tertiary/aromatic N) is 2. The van der Waals surface area contributed by atoms with E-state index in [1.54, 1.807) is 18.0 Å². The number of halogens is 1. The number of hydrogen-bond donors (Lipinski definition) is 1. The number of amides is 2. The van der Waals surface area contributed by atoms with Gasteiger partial charge in [-0.3, -0.25) is 19.3 Å². The molecule has 10 heteroatoms. The molecule has 2 amide bonds. The number of likely N-dealkylation sites (tertiary alicyclic amines) is 1. The van der Waals surface area contributed by atoms with Crippen molar-refractivity contribution < 1.29 is 33.1 Å². The molecular weight excluding hydrogens is 495 g/mol. The van der Waals surface area contributed by atoms with Gasteiger partial charge in [0.25, 0.3) is 0 Å². The summed E-state index contributed by atoms with van der Waals surface area (Å²) in [4.78, 5) is 39.5. The third kappa shape index (κ3) is 6.07. The zero-order valence-electron chi connectivity index (χ0n) is 22.2. The molecule has 37 heavy (non-hydrogen) atoms. The van der Waals surface area contributed by atoms with E-state index in [0.717, 1.165) is 24.8 Å². The summed E-state index contributed by atoms with van der Waals surface area (Å²) in [5, 5.41) is 9.60. The van der Waals surface area contributed by atoms with Crippen LogP contribution in [-0.4, -0.2) is 73.8 Å². The molecule has 0 bridgehead atoms. The Kier molecular flexibility index (Phi) is 8.40. The maximum Gasteiger partial charge on any atom is 0.304 e. The molecule has 1 unspecified atom stereocenters. The minimum atomic E-state index is -3.09. The lowest BCUT2D eigenvalue weighted by Crippen LogP contribution is -2.54. The van der Waals surface area contributed by atoms with Crippen molar-refractivity contribution in [3.05, 3.63) is 29.8 Å². The van der Waals surface area contributed by atoms with Gasteiger partial charge < -0.3 is 23.6 Å². The van der Waals surface area contributed by atoms with Crippen LogP contribution in [0.5, 0.6) is 0 Å². The molecule has 1 aromatic carbocycles. The summed E-state index contributed by atoms with van der Waals surface area (Å²) in [7, 11) is -3.09. The lowest BCUT2D eigenvalue weighted by Gasteiger charge is -2.39. The molecule has 0 spiro atoms. The molecule has 3 heterocycles. The lowest BCUT2D eigenvalue weighted by atomic mass is 9.95. The van der Waals surface area contributed by atoms with Crippen LogP contribution in [0.2, 0.25) is 18.6 Å². The SMILES string of the molecule is CC(=O)OC1CC(=O)N1c1ccc(CC[C@@H]2O[C@H](CC(=O)N3CCC[C@H]3CO)[C@@H]([Si](C)(C)F)[C@@H]2C)cc1. The van der Waals surface area contributed by atoms with Crippen LogP contribution in [0, 0.1) is 5.92 Å². The number of hydrogen-bond acceptors (Lipinski definition) is 6. The van der Waals surface area contributed by atoms with Crippen LogP contribution in [0.4, 0.5) is 9.80 Å². The first kappa shape index (κ1) is 27.7. The highest BCUT2D eigenvalue weighted by Crippen LogP contribution is 2.47. The largest absolute Gasteiger partial charge is 0.441 e. The van der Waals surface area contributed by atoms with Crippen LogP contribution in [0.15, 0.2) is 24.3 Å². The molecule has 0 radical (unpaired) electrons. The average Bonchev–Trinajstić information content (AvgIpc) is 3.41. The van der Waals surface area contributed by atoms with Gasteiger partial charge in [0.05, 0.1) is 37.7 Å². The van der Waals surface area contributed by atoms with Crippen LogP contribution in [0.1, 0.15) is 51.5 Å². The number of aliphatic hydroxyl groups excluding tert-OH is 1. The highest BCUT2D eigenvalue weighted by atomic mass is 28.4. The van der Waals surface area contributed by atoms with E-state index < -0.39 is 26.7 Å². The van der Waals surface area contributed by atoms with Crippen LogP contribution in [-0.2, 0) is 30.3 Å². The third-order valence-electron chi connectivity index (χ3n) is 8.12. The second-order valence-electron chi connectivity index (χ2n) is 11.2. The molecule has 0 saturated carbocycles. The second-order valence-corrected chi connectivity index (χ2v) is 15.0. The summed E-state index contributed by atoms with van der Waals surface area (Å²) in [6, 6.07) is 7.43. The van der Waals surface area contributed by atoms with Gasteiger partial charge in [-0.05, 0) is 62.4 Å². The fraction of sp³-hybridized carbons (Fsp3) is 0.667. The van der Waals surface area contributed by atoms with Gasteiger partial charge in [0.2, 0.25) is 20.2 Å².